The summed E-state index contributed by atoms with van der Waals surface area (Å²) < 4.78 is 1.81. The molecule has 0 fully saturated rings. The van der Waals surface area contributed by atoms with Gasteiger partial charge in [0.05, 0.1) is 11.7 Å². The highest BCUT2D eigenvalue weighted by molar-refractivity contribution is 6.32. The van der Waals surface area contributed by atoms with Crippen LogP contribution < -0.4 is 0 Å². The summed E-state index contributed by atoms with van der Waals surface area (Å²) in [6.45, 7) is 6.23. The van der Waals surface area contributed by atoms with Crippen LogP contribution in [-0.2, 0) is 5.41 Å². The van der Waals surface area contributed by atoms with Crippen LogP contribution in [0.3, 0.4) is 0 Å². The summed E-state index contributed by atoms with van der Waals surface area (Å²) in [6.07, 6.45) is 1.75. The molecule has 15 heavy (non-hydrogen) atoms. The van der Waals surface area contributed by atoms with Gasteiger partial charge in [-0.15, -0.1) is 0 Å². The summed E-state index contributed by atoms with van der Waals surface area (Å²) in [5, 5.41) is 0.729. The average molecular weight is 244 g/mol. The largest absolute Gasteiger partial charge is 0.271 e. The van der Waals surface area contributed by atoms with E-state index in [0.29, 0.717) is 10.4 Å². The molecule has 0 atom stereocenters. The molecule has 0 bridgehead atoms. The lowest BCUT2D eigenvalue weighted by atomic mass is 9.96. The van der Waals surface area contributed by atoms with Gasteiger partial charge in [0.1, 0.15) is 11.0 Å². The maximum atomic E-state index is 6.04. The number of nitrogens with zero attached hydrogens (tertiary/aromatic N) is 3. The second-order valence-corrected chi connectivity index (χ2v) is 5.17. The molecule has 2 aromatic rings. The number of halogens is 2. The second kappa shape index (κ2) is 3.35. The van der Waals surface area contributed by atoms with Gasteiger partial charge >= 0.3 is 0 Å². The molecule has 5 heteroatoms. The third kappa shape index (κ3) is 1.82. The van der Waals surface area contributed by atoms with E-state index >= 15 is 0 Å². The summed E-state index contributed by atoms with van der Waals surface area (Å²) >= 11 is 11.9. The smallest absolute Gasteiger partial charge is 0.210 e. The van der Waals surface area contributed by atoms with Crippen molar-refractivity contribution in [3.8, 4) is 0 Å². The van der Waals surface area contributed by atoms with Gasteiger partial charge in [0.25, 0.3) is 0 Å². The monoisotopic (exact) mass is 243 g/mol. The molecule has 0 unspecified atom stereocenters. The van der Waals surface area contributed by atoms with Crippen molar-refractivity contribution in [2.24, 2.45) is 0 Å². The summed E-state index contributed by atoms with van der Waals surface area (Å²) in [7, 11) is 0. The zero-order chi connectivity index (χ0) is 11.2. The van der Waals surface area contributed by atoms with Gasteiger partial charge in [0, 0.05) is 11.5 Å². The minimum atomic E-state index is -0.0778. The van der Waals surface area contributed by atoms with Crippen LogP contribution in [0.4, 0.5) is 0 Å². The van der Waals surface area contributed by atoms with Gasteiger partial charge in [0.2, 0.25) is 5.28 Å². The van der Waals surface area contributed by atoms with E-state index in [9.17, 15) is 0 Å². The lowest BCUT2D eigenvalue weighted by molar-refractivity contribution is 0.542. The predicted molar refractivity (Wildman–Crippen MR) is 61.7 cm³/mol. The summed E-state index contributed by atoms with van der Waals surface area (Å²) in [5.41, 5.74) is 0.788. The lowest BCUT2D eigenvalue weighted by Gasteiger charge is -2.17. The van der Waals surface area contributed by atoms with Gasteiger partial charge in [-0.25, -0.2) is 9.97 Å². The summed E-state index contributed by atoms with van der Waals surface area (Å²) in [5.74, 6) is 0.881. The first-order chi connectivity index (χ1) is 6.89. The summed E-state index contributed by atoms with van der Waals surface area (Å²) in [4.78, 5) is 8.35. The quantitative estimate of drug-likeness (QED) is 0.525. The molecule has 0 saturated heterocycles. The van der Waals surface area contributed by atoms with Crippen molar-refractivity contribution in [1.29, 1.82) is 0 Å². The Morgan fingerprint density at radius 1 is 1.27 bits per heavy atom. The van der Waals surface area contributed by atoms with Crippen molar-refractivity contribution < 1.29 is 0 Å². The molecule has 0 saturated carbocycles. The molecule has 3 nitrogen and oxygen atoms in total. The number of hydrogen-bond donors (Lipinski definition) is 0. The van der Waals surface area contributed by atoms with Crippen LogP contribution in [0.25, 0.3) is 5.52 Å². The van der Waals surface area contributed by atoms with Crippen LogP contribution >= 0.6 is 23.2 Å². The predicted octanol–water partition coefficient (Wildman–Crippen LogP) is 3.33. The Kier molecular flexibility index (Phi) is 2.40. The van der Waals surface area contributed by atoms with E-state index in [0.717, 1.165) is 11.3 Å². The van der Waals surface area contributed by atoms with E-state index in [1.807, 2.05) is 4.40 Å². The van der Waals surface area contributed by atoms with Gasteiger partial charge < -0.3 is 0 Å². The summed E-state index contributed by atoms with van der Waals surface area (Å²) in [6, 6.07) is 1.75. The molecule has 0 aliphatic rings. The molecule has 0 aliphatic carbocycles. The Labute approximate surface area is 98.1 Å². The Morgan fingerprint density at radius 3 is 2.53 bits per heavy atom. The van der Waals surface area contributed by atoms with E-state index < -0.39 is 0 Å². The van der Waals surface area contributed by atoms with Crippen molar-refractivity contribution in [1.82, 2.24) is 14.4 Å². The van der Waals surface area contributed by atoms with Crippen LogP contribution in [-0.4, -0.2) is 14.4 Å². The number of rotatable bonds is 0. The van der Waals surface area contributed by atoms with E-state index in [4.69, 9.17) is 23.2 Å². The van der Waals surface area contributed by atoms with E-state index in [1.54, 1.807) is 12.3 Å². The third-order valence-corrected chi connectivity index (χ3v) is 2.56. The van der Waals surface area contributed by atoms with Gasteiger partial charge in [0.15, 0.2) is 0 Å². The molecule has 0 aromatic carbocycles. The first-order valence-electron chi connectivity index (χ1n) is 4.59. The minimum Gasteiger partial charge on any atom is -0.271 e. The molecule has 0 radical (unpaired) electrons. The third-order valence-electron chi connectivity index (χ3n) is 2.11. The fraction of sp³-hybridized carbons (Fsp3) is 0.400. The normalized spacial score (nSPS) is 12.3. The van der Waals surface area contributed by atoms with Crippen LogP contribution in [0.2, 0.25) is 10.4 Å². The first-order valence-corrected chi connectivity index (χ1v) is 5.35. The van der Waals surface area contributed by atoms with Crippen LogP contribution in [0.15, 0.2) is 12.3 Å². The van der Waals surface area contributed by atoms with Crippen LogP contribution in [0, 0.1) is 0 Å². The Morgan fingerprint density at radius 2 is 1.93 bits per heavy atom. The van der Waals surface area contributed by atoms with Gasteiger partial charge in [-0.1, -0.05) is 32.4 Å². The second-order valence-electron chi connectivity index (χ2n) is 4.44. The maximum absolute atomic E-state index is 6.04. The van der Waals surface area contributed by atoms with E-state index in [1.165, 1.54) is 0 Å². The Hall–Kier alpha value is -0.800. The van der Waals surface area contributed by atoms with Crippen molar-refractivity contribution >= 4 is 28.7 Å². The highest BCUT2D eigenvalue weighted by Crippen LogP contribution is 2.25. The van der Waals surface area contributed by atoms with Gasteiger partial charge in [-0.2, -0.15) is 0 Å². The molecule has 0 aliphatic heterocycles. The molecular weight excluding hydrogens is 233 g/mol. The molecule has 2 aromatic heterocycles. The fourth-order valence-electron chi connectivity index (χ4n) is 1.48. The number of fused-ring (bicyclic) bond motifs is 1. The van der Waals surface area contributed by atoms with Crippen molar-refractivity contribution in [2.75, 3.05) is 0 Å². The first kappa shape index (κ1) is 10.7. The highest BCUT2D eigenvalue weighted by Gasteiger charge is 2.21. The molecule has 0 N–H and O–H groups in total. The molecule has 2 heterocycles. The number of hydrogen-bond acceptors (Lipinski definition) is 2. The van der Waals surface area contributed by atoms with Gasteiger partial charge in [-0.05, 0) is 11.6 Å². The molecule has 0 spiro atoms. The fourth-order valence-corrected chi connectivity index (χ4v) is 1.99. The van der Waals surface area contributed by atoms with Crippen LogP contribution in [0.1, 0.15) is 26.6 Å². The zero-order valence-corrected chi connectivity index (χ0v) is 10.3. The Bertz CT molecular complexity index is 511. The van der Waals surface area contributed by atoms with Crippen molar-refractivity contribution in [3.63, 3.8) is 0 Å². The standard InChI is InChI=1S/C10H11Cl2N3/c1-10(2,3)8-13-5-6-4-7(11)14-9(12)15(6)8/h4-5H,1-3H3. The SMILES string of the molecule is CC(C)(C)c1ncc2cc(Cl)nc(Cl)n12. The van der Waals surface area contributed by atoms with Crippen molar-refractivity contribution in [2.45, 2.75) is 26.2 Å². The van der Waals surface area contributed by atoms with Crippen molar-refractivity contribution in [3.05, 3.63) is 28.5 Å². The van der Waals surface area contributed by atoms with E-state index in [-0.39, 0.29) is 5.41 Å². The number of aromatic nitrogens is 3. The molecule has 0 amide bonds. The maximum Gasteiger partial charge on any atom is 0.210 e. The Balaban J connectivity index is 2.81. The minimum absolute atomic E-state index is 0.0778. The lowest BCUT2D eigenvalue weighted by Crippen LogP contribution is -2.16. The van der Waals surface area contributed by atoms with Crippen LogP contribution in [0.5, 0.6) is 0 Å². The molecule has 80 valence electrons. The zero-order valence-electron chi connectivity index (χ0n) is 8.75. The van der Waals surface area contributed by atoms with E-state index in [2.05, 4.69) is 30.7 Å². The number of imidazole rings is 1. The molecular formula is C10H11Cl2N3. The topological polar surface area (TPSA) is 30.2 Å². The average Bonchev–Trinajstić information content (AvgIpc) is 2.45. The highest BCUT2D eigenvalue weighted by atomic mass is 35.5. The molecule has 2 rings (SSSR count). The van der Waals surface area contributed by atoms with Gasteiger partial charge in [-0.3, -0.25) is 4.40 Å².